The Morgan fingerprint density at radius 3 is 2.47 bits per heavy atom. The summed E-state index contributed by atoms with van der Waals surface area (Å²) in [6.45, 7) is 0.653. The summed E-state index contributed by atoms with van der Waals surface area (Å²) < 4.78 is 5.19. The van der Waals surface area contributed by atoms with Crippen molar-refractivity contribution in [2.24, 2.45) is 5.92 Å². The van der Waals surface area contributed by atoms with Crippen LogP contribution in [0.2, 0.25) is 0 Å². The maximum atomic E-state index is 12.6. The summed E-state index contributed by atoms with van der Waals surface area (Å²) in [4.78, 5) is 38.8. The van der Waals surface area contributed by atoms with Crippen molar-refractivity contribution < 1.29 is 18.8 Å². The van der Waals surface area contributed by atoms with Gasteiger partial charge in [-0.25, -0.2) is 0 Å². The molecular weight excluding hydrogens is 382 g/mol. The number of hydrogen-bond acceptors (Lipinski definition) is 4. The van der Waals surface area contributed by atoms with Crippen molar-refractivity contribution in [1.29, 1.82) is 0 Å². The Morgan fingerprint density at radius 2 is 1.77 bits per heavy atom. The smallest absolute Gasteiger partial charge is 0.251 e. The van der Waals surface area contributed by atoms with E-state index in [9.17, 15) is 14.4 Å². The molecule has 1 saturated heterocycles. The van der Waals surface area contributed by atoms with Crippen LogP contribution in [0.3, 0.4) is 0 Å². The molecule has 1 aliphatic heterocycles. The highest BCUT2D eigenvalue weighted by molar-refractivity contribution is 6.03. The number of amides is 3. The van der Waals surface area contributed by atoms with E-state index in [1.165, 1.54) is 0 Å². The average Bonchev–Trinajstić information content (AvgIpc) is 3.43. The minimum Gasteiger partial charge on any atom is -0.467 e. The van der Waals surface area contributed by atoms with Crippen LogP contribution in [0.25, 0.3) is 0 Å². The normalized spacial score (nSPS) is 15.8. The molecule has 1 unspecified atom stereocenters. The molecule has 2 heterocycles. The molecule has 0 aliphatic carbocycles. The fourth-order valence-corrected chi connectivity index (χ4v) is 3.37. The average molecular weight is 403 g/mol. The summed E-state index contributed by atoms with van der Waals surface area (Å²) in [5.74, 6) is -0.261. The first kappa shape index (κ1) is 19.4. The second-order valence-corrected chi connectivity index (χ2v) is 7.07. The molecule has 7 heteroatoms. The van der Waals surface area contributed by atoms with Crippen molar-refractivity contribution in [2.75, 3.05) is 16.8 Å². The zero-order valence-corrected chi connectivity index (χ0v) is 16.2. The summed E-state index contributed by atoms with van der Waals surface area (Å²) in [7, 11) is 0. The highest BCUT2D eigenvalue weighted by Crippen LogP contribution is 2.25. The first-order chi connectivity index (χ1) is 14.6. The van der Waals surface area contributed by atoms with Gasteiger partial charge in [-0.1, -0.05) is 18.2 Å². The third-order valence-corrected chi connectivity index (χ3v) is 4.98. The minimum atomic E-state index is -0.422. The van der Waals surface area contributed by atoms with Gasteiger partial charge in [0.2, 0.25) is 11.8 Å². The lowest BCUT2D eigenvalue weighted by Crippen LogP contribution is -2.28. The van der Waals surface area contributed by atoms with E-state index in [0.717, 1.165) is 5.69 Å². The molecule has 1 aliphatic rings. The van der Waals surface area contributed by atoms with Crippen molar-refractivity contribution in [3.63, 3.8) is 0 Å². The maximum Gasteiger partial charge on any atom is 0.251 e. The molecule has 1 atom stereocenters. The van der Waals surface area contributed by atoms with Gasteiger partial charge in [-0.15, -0.1) is 0 Å². The van der Waals surface area contributed by atoms with Crippen molar-refractivity contribution in [2.45, 2.75) is 13.0 Å². The molecule has 1 aromatic heterocycles. The molecule has 3 amide bonds. The van der Waals surface area contributed by atoms with Crippen molar-refractivity contribution in [3.05, 3.63) is 84.3 Å². The molecule has 0 bridgehead atoms. The quantitative estimate of drug-likeness (QED) is 0.661. The van der Waals surface area contributed by atoms with Crippen LogP contribution >= 0.6 is 0 Å². The van der Waals surface area contributed by atoms with Crippen LogP contribution in [0, 0.1) is 5.92 Å². The molecule has 4 rings (SSSR count). The summed E-state index contributed by atoms with van der Waals surface area (Å²) in [6, 6.07) is 19.5. The van der Waals surface area contributed by atoms with Crippen molar-refractivity contribution >= 4 is 29.1 Å². The van der Waals surface area contributed by atoms with Gasteiger partial charge in [-0.2, -0.15) is 0 Å². The van der Waals surface area contributed by atoms with Crippen LogP contribution in [0.15, 0.2) is 77.4 Å². The molecule has 0 spiro atoms. The zero-order valence-electron chi connectivity index (χ0n) is 16.2. The Morgan fingerprint density at radius 1 is 1.00 bits per heavy atom. The highest BCUT2D eigenvalue weighted by Gasteiger charge is 2.35. The van der Waals surface area contributed by atoms with Gasteiger partial charge in [0, 0.05) is 29.9 Å². The molecule has 2 N–H and O–H groups in total. The number of para-hydroxylation sites is 1. The SMILES string of the molecule is O=C(NCc1ccco1)c1ccc(NC(=O)C2CC(=O)N(c3ccccc3)C2)cc1. The minimum absolute atomic E-state index is 0.0649. The van der Waals surface area contributed by atoms with Gasteiger partial charge in [0.05, 0.1) is 18.7 Å². The summed E-state index contributed by atoms with van der Waals surface area (Å²) in [6.07, 6.45) is 1.73. The van der Waals surface area contributed by atoms with E-state index < -0.39 is 5.92 Å². The number of nitrogens with one attached hydrogen (secondary N) is 2. The Bertz CT molecular complexity index is 1030. The second kappa shape index (κ2) is 8.65. The van der Waals surface area contributed by atoms with Gasteiger partial charge in [0.1, 0.15) is 5.76 Å². The Hall–Kier alpha value is -3.87. The number of rotatable bonds is 6. The van der Waals surface area contributed by atoms with E-state index in [-0.39, 0.29) is 24.1 Å². The topological polar surface area (TPSA) is 91.6 Å². The van der Waals surface area contributed by atoms with Crippen LogP contribution in [-0.2, 0) is 16.1 Å². The Balaban J connectivity index is 1.32. The predicted octanol–water partition coefficient (Wildman–Crippen LogP) is 3.20. The van der Waals surface area contributed by atoms with Gasteiger partial charge in [0.15, 0.2) is 0 Å². The largest absolute Gasteiger partial charge is 0.467 e. The molecule has 0 saturated carbocycles. The fraction of sp³-hybridized carbons (Fsp3) is 0.174. The fourth-order valence-electron chi connectivity index (χ4n) is 3.37. The van der Waals surface area contributed by atoms with E-state index in [1.807, 2.05) is 30.3 Å². The van der Waals surface area contributed by atoms with Gasteiger partial charge < -0.3 is 20.0 Å². The lowest BCUT2D eigenvalue weighted by Gasteiger charge is -2.16. The highest BCUT2D eigenvalue weighted by atomic mass is 16.3. The van der Waals surface area contributed by atoms with Gasteiger partial charge in [-0.3, -0.25) is 14.4 Å². The summed E-state index contributed by atoms with van der Waals surface area (Å²) >= 11 is 0. The molecule has 3 aromatic rings. The molecule has 30 heavy (non-hydrogen) atoms. The van der Waals surface area contributed by atoms with Gasteiger partial charge in [0.25, 0.3) is 5.91 Å². The Kier molecular flexibility index (Phi) is 5.61. The predicted molar refractivity (Wildman–Crippen MR) is 112 cm³/mol. The van der Waals surface area contributed by atoms with Crippen molar-refractivity contribution in [1.82, 2.24) is 5.32 Å². The second-order valence-electron chi connectivity index (χ2n) is 7.07. The maximum absolute atomic E-state index is 12.6. The van der Waals surface area contributed by atoms with Crippen LogP contribution in [0.4, 0.5) is 11.4 Å². The van der Waals surface area contributed by atoms with Gasteiger partial charge >= 0.3 is 0 Å². The van der Waals surface area contributed by atoms with E-state index in [2.05, 4.69) is 10.6 Å². The number of hydrogen-bond donors (Lipinski definition) is 2. The summed E-state index contributed by atoms with van der Waals surface area (Å²) in [5, 5.41) is 5.60. The van der Waals surface area contributed by atoms with E-state index in [0.29, 0.717) is 30.1 Å². The number of carbonyl (C=O) groups excluding carboxylic acids is 3. The van der Waals surface area contributed by atoms with E-state index in [4.69, 9.17) is 4.42 Å². The third-order valence-electron chi connectivity index (χ3n) is 4.98. The number of furan rings is 1. The molecule has 7 nitrogen and oxygen atoms in total. The van der Waals surface area contributed by atoms with E-state index in [1.54, 1.807) is 47.6 Å². The Labute approximate surface area is 173 Å². The lowest BCUT2D eigenvalue weighted by atomic mass is 10.1. The molecule has 1 fully saturated rings. The third kappa shape index (κ3) is 4.41. The molecule has 152 valence electrons. The molecular formula is C23H21N3O4. The number of nitrogens with zero attached hydrogens (tertiary/aromatic N) is 1. The van der Waals surface area contributed by atoms with E-state index >= 15 is 0 Å². The summed E-state index contributed by atoms with van der Waals surface area (Å²) in [5.41, 5.74) is 1.85. The zero-order chi connectivity index (χ0) is 20.9. The number of benzene rings is 2. The molecule has 2 aromatic carbocycles. The number of carbonyl (C=O) groups is 3. The standard InChI is InChI=1S/C23H21N3O4/c27-21-13-17(15-26(21)19-5-2-1-3-6-19)23(29)25-18-10-8-16(9-11-18)22(28)24-14-20-7-4-12-30-20/h1-12,17H,13-15H2,(H,24,28)(H,25,29). The lowest BCUT2D eigenvalue weighted by molar-refractivity contribution is -0.122. The van der Waals surface area contributed by atoms with Gasteiger partial charge in [-0.05, 0) is 48.5 Å². The van der Waals surface area contributed by atoms with Crippen LogP contribution in [0.5, 0.6) is 0 Å². The van der Waals surface area contributed by atoms with Crippen LogP contribution in [-0.4, -0.2) is 24.3 Å². The first-order valence-electron chi connectivity index (χ1n) is 9.67. The van der Waals surface area contributed by atoms with Crippen molar-refractivity contribution in [3.8, 4) is 0 Å². The number of anilines is 2. The van der Waals surface area contributed by atoms with Crippen LogP contribution < -0.4 is 15.5 Å². The molecule has 0 radical (unpaired) electrons. The first-order valence-corrected chi connectivity index (χ1v) is 9.67. The monoisotopic (exact) mass is 403 g/mol. The van der Waals surface area contributed by atoms with Crippen LogP contribution in [0.1, 0.15) is 22.5 Å².